The monoisotopic (exact) mass is 370 g/mol. The van der Waals surface area contributed by atoms with Crippen molar-refractivity contribution in [2.24, 2.45) is 17.3 Å². The van der Waals surface area contributed by atoms with Crippen molar-refractivity contribution < 1.29 is 9.59 Å². The van der Waals surface area contributed by atoms with Gasteiger partial charge in [-0.15, -0.1) is 0 Å². The standard InChI is InChI=1S/C17H27BrN2O2/c1-15(2,3)20-13(21)9-19-14(22)16-5-11-4-12(6-16)8-17(18,7-11)10-16/h11-12H,4-10H2,1-3H3,(H,19,22)(H,20,21). The molecule has 5 heteroatoms. The molecule has 0 radical (unpaired) electrons. The summed E-state index contributed by atoms with van der Waals surface area (Å²) in [6, 6.07) is 0. The Morgan fingerprint density at radius 1 is 1.14 bits per heavy atom. The molecular formula is C17H27BrN2O2. The third-order valence-electron chi connectivity index (χ3n) is 5.40. The maximum atomic E-state index is 12.8. The van der Waals surface area contributed by atoms with Crippen LogP contribution in [0.25, 0.3) is 0 Å². The normalized spacial score (nSPS) is 39.6. The number of carbonyl (C=O) groups is 2. The molecule has 4 bridgehead atoms. The summed E-state index contributed by atoms with van der Waals surface area (Å²) in [4.78, 5) is 24.7. The Balaban J connectivity index is 1.62. The zero-order valence-electron chi connectivity index (χ0n) is 13.8. The van der Waals surface area contributed by atoms with Gasteiger partial charge in [0, 0.05) is 9.86 Å². The second-order valence-corrected chi connectivity index (χ2v) is 10.6. The molecule has 0 saturated heterocycles. The fourth-order valence-corrected chi connectivity index (χ4v) is 6.68. The predicted molar refractivity (Wildman–Crippen MR) is 89.7 cm³/mol. The molecule has 4 fully saturated rings. The summed E-state index contributed by atoms with van der Waals surface area (Å²) in [6.07, 6.45) is 6.64. The molecule has 4 rings (SSSR count). The van der Waals surface area contributed by atoms with Crippen molar-refractivity contribution in [3.05, 3.63) is 0 Å². The summed E-state index contributed by atoms with van der Waals surface area (Å²) in [5, 5.41) is 5.80. The molecule has 2 N–H and O–H groups in total. The highest BCUT2D eigenvalue weighted by atomic mass is 79.9. The Morgan fingerprint density at radius 3 is 2.23 bits per heavy atom. The predicted octanol–water partition coefficient (Wildman–Crippen LogP) is 2.75. The van der Waals surface area contributed by atoms with Gasteiger partial charge in [0.25, 0.3) is 0 Å². The number of hydrogen-bond acceptors (Lipinski definition) is 2. The van der Waals surface area contributed by atoms with E-state index in [1.54, 1.807) is 0 Å². The van der Waals surface area contributed by atoms with Gasteiger partial charge < -0.3 is 10.6 Å². The lowest BCUT2D eigenvalue weighted by Gasteiger charge is -2.59. The Bertz CT molecular complexity index is 483. The lowest BCUT2D eigenvalue weighted by atomic mass is 9.49. The number of alkyl halides is 1. The molecule has 0 aromatic carbocycles. The van der Waals surface area contributed by atoms with Crippen molar-refractivity contribution in [3.8, 4) is 0 Å². The van der Waals surface area contributed by atoms with Crippen LogP contribution in [0.1, 0.15) is 59.3 Å². The van der Waals surface area contributed by atoms with Gasteiger partial charge in [-0.25, -0.2) is 0 Å². The van der Waals surface area contributed by atoms with Gasteiger partial charge in [-0.2, -0.15) is 0 Å². The van der Waals surface area contributed by atoms with E-state index in [1.807, 2.05) is 20.8 Å². The second kappa shape index (κ2) is 5.22. The number of nitrogens with one attached hydrogen (secondary N) is 2. The minimum Gasteiger partial charge on any atom is -0.350 e. The first-order chi connectivity index (χ1) is 10.1. The van der Waals surface area contributed by atoms with Gasteiger partial charge in [0.2, 0.25) is 11.8 Å². The van der Waals surface area contributed by atoms with Crippen LogP contribution in [-0.2, 0) is 9.59 Å². The number of rotatable bonds is 3. The Hall–Kier alpha value is -0.580. The van der Waals surface area contributed by atoms with Crippen LogP contribution in [-0.4, -0.2) is 28.2 Å². The first kappa shape index (κ1) is 16.3. The SMILES string of the molecule is CC(C)(C)NC(=O)CNC(=O)C12CC3CC(CC(Br)(C3)C1)C2. The fraction of sp³-hybridized carbons (Fsp3) is 0.882. The van der Waals surface area contributed by atoms with Gasteiger partial charge in [0.1, 0.15) is 0 Å². The summed E-state index contributed by atoms with van der Waals surface area (Å²) in [5.74, 6) is 1.33. The minimum absolute atomic E-state index is 0.0858. The second-order valence-electron chi connectivity index (χ2n) is 8.87. The molecule has 0 spiro atoms. The van der Waals surface area contributed by atoms with E-state index in [0.29, 0.717) is 11.8 Å². The summed E-state index contributed by atoms with van der Waals surface area (Å²) in [7, 11) is 0. The van der Waals surface area contributed by atoms with Gasteiger partial charge in [-0.3, -0.25) is 9.59 Å². The van der Waals surface area contributed by atoms with Crippen molar-refractivity contribution in [2.45, 2.75) is 69.2 Å². The molecule has 0 heterocycles. The van der Waals surface area contributed by atoms with Crippen LogP contribution in [0.15, 0.2) is 0 Å². The van der Waals surface area contributed by atoms with Crippen molar-refractivity contribution in [1.82, 2.24) is 10.6 Å². The largest absolute Gasteiger partial charge is 0.350 e. The van der Waals surface area contributed by atoms with E-state index in [2.05, 4.69) is 26.6 Å². The number of halogens is 1. The van der Waals surface area contributed by atoms with E-state index in [-0.39, 0.29) is 33.6 Å². The van der Waals surface area contributed by atoms with Crippen molar-refractivity contribution in [1.29, 1.82) is 0 Å². The summed E-state index contributed by atoms with van der Waals surface area (Å²) in [6.45, 7) is 5.92. The molecule has 0 aliphatic heterocycles. The lowest BCUT2D eigenvalue weighted by Crippen LogP contribution is -2.59. The molecule has 2 atom stereocenters. The van der Waals surface area contributed by atoms with Crippen LogP contribution in [0.4, 0.5) is 0 Å². The average Bonchev–Trinajstić information content (AvgIpc) is 2.30. The minimum atomic E-state index is -0.261. The van der Waals surface area contributed by atoms with Gasteiger partial charge in [-0.1, -0.05) is 15.9 Å². The van der Waals surface area contributed by atoms with Crippen LogP contribution in [0.3, 0.4) is 0 Å². The molecule has 2 unspecified atom stereocenters. The fourth-order valence-electron chi connectivity index (χ4n) is 5.23. The van der Waals surface area contributed by atoms with Gasteiger partial charge >= 0.3 is 0 Å². The van der Waals surface area contributed by atoms with Crippen LogP contribution in [0.2, 0.25) is 0 Å². The van der Waals surface area contributed by atoms with Gasteiger partial charge in [0.15, 0.2) is 0 Å². The maximum absolute atomic E-state index is 12.8. The molecule has 4 aliphatic carbocycles. The topological polar surface area (TPSA) is 58.2 Å². The van der Waals surface area contributed by atoms with Gasteiger partial charge in [-0.05, 0) is 71.1 Å². The Morgan fingerprint density at radius 2 is 1.73 bits per heavy atom. The van der Waals surface area contributed by atoms with Crippen molar-refractivity contribution in [2.75, 3.05) is 6.54 Å². The molecule has 4 aliphatic rings. The maximum Gasteiger partial charge on any atom is 0.239 e. The molecule has 22 heavy (non-hydrogen) atoms. The molecular weight excluding hydrogens is 344 g/mol. The van der Waals surface area contributed by atoms with E-state index in [9.17, 15) is 9.59 Å². The molecule has 124 valence electrons. The summed E-state index contributed by atoms with van der Waals surface area (Å²) >= 11 is 3.92. The number of amides is 2. The number of carbonyl (C=O) groups excluding carboxylic acids is 2. The average molecular weight is 371 g/mol. The van der Waals surface area contributed by atoms with E-state index in [4.69, 9.17) is 0 Å². The van der Waals surface area contributed by atoms with Crippen LogP contribution in [0, 0.1) is 17.3 Å². The summed E-state index contributed by atoms with van der Waals surface area (Å²) in [5.41, 5.74) is -0.502. The first-order valence-corrected chi connectivity index (χ1v) is 9.17. The highest BCUT2D eigenvalue weighted by Crippen LogP contribution is 2.64. The third-order valence-corrected chi connectivity index (χ3v) is 6.32. The smallest absolute Gasteiger partial charge is 0.239 e. The van der Waals surface area contributed by atoms with Crippen LogP contribution in [0.5, 0.6) is 0 Å². The molecule has 0 aromatic rings. The Labute approximate surface area is 141 Å². The molecule has 0 aromatic heterocycles. The third kappa shape index (κ3) is 3.19. The Kier molecular flexibility index (Phi) is 3.86. The molecule has 2 amide bonds. The van der Waals surface area contributed by atoms with E-state index in [1.165, 1.54) is 19.3 Å². The van der Waals surface area contributed by atoms with Crippen molar-refractivity contribution in [3.63, 3.8) is 0 Å². The highest BCUT2D eigenvalue weighted by molar-refractivity contribution is 9.10. The van der Waals surface area contributed by atoms with E-state index in [0.717, 1.165) is 19.3 Å². The van der Waals surface area contributed by atoms with Crippen molar-refractivity contribution >= 4 is 27.7 Å². The number of hydrogen-bond donors (Lipinski definition) is 2. The first-order valence-electron chi connectivity index (χ1n) is 8.38. The van der Waals surface area contributed by atoms with E-state index < -0.39 is 0 Å². The molecule has 4 nitrogen and oxygen atoms in total. The van der Waals surface area contributed by atoms with Crippen LogP contribution < -0.4 is 10.6 Å². The highest BCUT2D eigenvalue weighted by Gasteiger charge is 2.59. The summed E-state index contributed by atoms with van der Waals surface area (Å²) < 4.78 is 0.169. The zero-order valence-corrected chi connectivity index (χ0v) is 15.4. The zero-order chi connectivity index (χ0) is 16.2. The quantitative estimate of drug-likeness (QED) is 0.750. The van der Waals surface area contributed by atoms with Crippen LogP contribution >= 0.6 is 15.9 Å². The molecule has 4 saturated carbocycles. The lowest BCUT2D eigenvalue weighted by molar-refractivity contribution is -0.145. The van der Waals surface area contributed by atoms with E-state index >= 15 is 0 Å². The van der Waals surface area contributed by atoms with Gasteiger partial charge in [0.05, 0.1) is 12.0 Å².